The van der Waals surface area contributed by atoms with E-state index in [9.17, 15) is 5.11 Å². The molecule has 0 radical (unpaired) electrons. The van der Waals surface area contributed by atoms with Crippen LogP contribution in [0, 0.1) is 0 Å². The summed E-state index contributed by atoms with van der Waals surface area (Å²) in [6.45, 7) is 3.87. The van der Waals surface area contributed by atoms with E-state index >= 15 is 0 Å². The summed E-state index contributed by atoms with van der Waals surface area (Å²) in [5.74, 6) is 0. The quantitative estimate of drug-likeness (QED) is 0.452. The minimum Gasteiger partial charge on any atom is -0.391 e. The van der Waals surface area contributed by atoms with Crippen molar-refractivity contribution in [2.45, 2.75) is 63.9 Å². The third-order valence-electron chi connectivity index (χ3n) is 2.63. The Morgan fingerprint density at radius 2 is 1.71 bits per heavy atom. The molecule has 0 saturated carbocycles. The Bertz CT molecular complexity index is 152. The largest absolute Gasteiger partial charge is 0.391 e. The number of nitrogens with two attached hydrogens (primary N) is 1. The Morgan fingerprint density at radius 3 is 2.07 bits per heavy atom. The average molecular weight is 205 g/mol. The first-order valence-electron chi connectivity index (χ1n) is 5.29. The third kappa shape index (κ3) is 4.37. The van der Waals surface area contributed by atoms with Crippen molar-refractivity contribution in [2.75, 3.05) is 0 Å². The van der Waals surface area contributed by atoms with Crippen molar-refractivity contribution in [1.82, 2.24) is 0 Å². The number of aliphatic hydroxyl groups excluding tert-OH is 2. The number of hydrogen-bond acceptors (Lipinski definition) is 4. The molecule has 14 heavy (non-hydrogen) atoms. The van der Waals surface area contributed by atoms with Gasteiger partial charge in [-0.1, -0.05) is 20.3 Å². The molecule has 0 bridgehead atoms. The molecule has 5 N–H and O–H groups in total. The summed E-state index contributed by atoms with van der Waals surface area (Å²) >= 11 is 0. The minimum atomic E-state index is -1.33. The van der Waals surface area contributed by atoms with Gasteiger partial charge in [-0.25, -0.2) is 0 Å². The predicted molar refractivity (Wildman–Crippen MR) is 55.6 cm³/mol. The molecular weight excluding hydrogens is 182 g/mol. The van der Waals surface area contributed by atoms with E-state index in [1.807, 2.05) is 13.8 Å². The van der Waals surface area contributed by atoms with Crippen molar-refractivity contribution < 1.29 is 15.3 Å². The molecule has 4 nitrogen and oxygen atoms in total. The Kier molecular flexibility index (Phi) is 6.27. The monoisotopic (exact) mass is 205 g/mol. The lowest BCUT2D eigenvalue weighted by molar-refractivity contribution is -0.0557. The fourth-order valence-corrected chi connectivity index (χ4v) is 1.73. The molecule has 0 rings (SSSR count). The second kappa shape index (κ2) is 6.35. The van der Waals surface area contributed by atoms with E-state index in [0.29, 0.717) is 19.3 Å². The Balaban J connectivity index is 4.23. The topological polar surface area (TPSA) is 86.7 Å². The standard InChI is InChI=1S/C10H23NO3/c1-3-6-10(11,8(12)4-2)7-5-9(13)14/h8-9,12-14H,3-7,11H2,1-2H3. The summed E-state index contributed by atoms with van der Waals surface area (Å²) in [7, 11) is 0. The number of rotatable bonds is 7. The van der Waals surface area contributed by atoms with Crippen LogP contribution in [0.15, 0.2) is 0 Å². The van der Waals surface area contributed by atoms with Crippen LogP contribution in [-0.2, 0) is 0 Å². The Morgan fingerprint density at radius 1 is 1.14 bits per heavy atom. The van der Waals surface area contributed by atoms with E-state index in [4.69, 9.17) is 15.9 Å². The van der Waals surface area contributed by atoms with Crippen molar-refractivity contribution in [3.63, 3.8) is 0 Å². The zero-order valence-corrected chi connectivity index (χ0v) is 9.11. The minimum absolute atomic E-state index is 0.216. The normalized spacial score (nSPS) is 18.2. The lowest BCUT2D eigenvalue weighted by atomic mass is 9.83. The zero-order chi connectivity index (χ0) is 11.2. The highest BCUT2D eigenvalue weighted by Gasteiger charge is 2.31. The highest BCUT2D eigenvalue weighted by Crippen LogP contribution is 2.23. The molecule has 2 atom stereocenters. The van der Waals surface area contributed by atoms with E-state index in [0.717, 1.165) is 6.42 Å². The first-order chi connectivity index (χ1) is 6.46. The molecule has 0 amide bonds. The van der Waals surface area contributed by atoms with Gasteiger partial charge in [0.1, 0.15) is 0 Å². The van der Waals surface area contributed by atoms with Crippen LogP contribution in [0.3, 0.4) is 0 Å². The van der Waals surface area contributed by atoms with Gasteiger partial charge in [-0.05, 0) is 25.7 Å². The molecule has 0 aromatic heterocycles. The van der Waals surface area contributed by atoms with E-state index in [-0.39, 0.29) is 6.42 Å². The van der Waals surface area contributed by atoms with Crippen LogP contribution in [0.1, 0.15) is 46.0 Å². The maximum absolute atomic E-state index is 9.73. The molecule has 0 aromatic carbocycles. The van der Waals surface area contributed by atoms with Gasteiger partial charge >= 0.3 is 0 Å². The summed E-state index contributed by atoms with van der Waals surface area (Å²) in [5, 5.41) is 27.2. The fraction of sp³-hybridized carbons (Fsp3) is 1.00. The molecule has 4 heteroatoms. The van der Waals surface area contributed by atoms with Crippen LogP contribution >= 0.6 is 0 Å². The van der Waals surface area contributed by atoms with Crippen molar-refractivity contribution >= 4 is 0 Å². The molecule has 0 aromatic rings. The molecular formula is C10H23NO3. The first-order valence-corrected chi connectivity index (χ1v) is 5.29. The molecule has 0 spiro atoms. The van der Waals surface area contributed by atoms with Crippen LogP contribution in [0.4, 0.5) is 0 Å². The Labute approximate surface area is 85.7 Å². The second-order valence-corrected chi connectivity index (χ2v) is 3.93. The number of hydrogen-bond donors (Lipinski definition) is 4. The summed E-state index contributed by atoms with van der Waals surface area (Å²) in [4.78, 5) is 0. The van der Waals surface area contributed by atoms with Gasteiger partial charge in [0.15, 0.2) is 6.29 Å². The van der Waals surface area contributed by atoms with Gasteiger partial charge in [-0.2, -0.15) is 0 Å². The summed E-state index contributed by atoms with van der Waals surface area (Å²) in [5.41, 5.74) is 5.37. The molecule has 86 valence electrons. The lowest BCUT2D eigenvalue weighted by Gasteiger charge is -2.34. The van der Waals surface area contributed by atoms with Gasteiger partial charge < -0.3 is 21.1 Å². The fourth-order valence-electron chi connectivity index (χ4n) is 1.73. The molecule has 0 aliphatic carbocycles. The summed E-state index contributed by atoms with van der Waals surface area (Å²) in [6.07, 6.45) is 0.933. The maximum atomic E-state index is 9.73. The molecule has 0 fully saturated rings. The van der Waals surface area contributed by atoms with Gasteiger partial charge in [0.05, 0.1) is 6.10 Å². The lowest BCUT2D eigenvalue weighted by Crippen LogP contribution is -2.51. The van der Waals surface area contributed by atoms with Crippen LogP contribution in [0.2, 0.25) is 0 Å². The number of aliphatic hydroxyl groups is 3. The molecule has 0 aliphatic heterocycles. The van der Waals surface area contributed by atoms with Gasteiger partial charge in [-0.15, -0.1) is 0 Å². The first kappa shape index (κ1) is 13.8. The van der Waals surface area contributed by atoms with Gasteiger partial charge in [0, 0.05) is 5.54 Å². The third-order valence-corrected chi connectivity index (χ3v) is 2.63. The molecule has 0 saturated heterocycles. The SMILES string of the molecule is CCCC(N)(CCC(O)O)C(O)CC. The van der Waals surface area contributed by atoms with E-state index in [1.165, 1.54) is 0 Å². The van der Waals surface area contributed by atoms with Crippen LogP contribution < -0.4 is 5.73 Å². The van der Waals surface area contributed by atoms with Crippen molar-refractivity contribution in [2.24, 2.45) is 5.73 Å². The summed E-state index contributed by atoms with van der Waals surface area (Å²) in [6, 6.07) is 0. The van der Waals surface area contributed by atoms with Crippen LogP contribution in [-0.4, -0.2) is 33.3 Å². The van der Waals surface area contributed by atoms with Gasteiger partial charge in [0.2, 0.25) is 0 Å². The van der Waals surface area contributed by atoms with E-state index in [2.05, 4.69) is 0 Å². The van der Waals surface area contributed by atoms with Gasteiger partial charge in [-0.3, -0.25) is 0 Å². The Hall–Kier alpha value is -0.160. The van der Waals surface area contributed by atoms with Crippen LogP contribution in [0.5, 0.6) is 0 Å². The molecule has 0 aliphatic rings. The molecule has 2 unspecified atom stereocenters. The highest BCUT2D eigenvalue weighted by molar-refractivity contribution is 4.90. The average Bonchev–Trinajstić information content (AvgIpc) is 2.14. The molecule has 0 heterocycles. The van der Waals surface area contributed by atoms with Crippen molar-refractivity contribution in [3.8, 4) is 0 Å². The highest BCUT2D eigenvalue weighted by atomic mass is 16.5. The predicted octanol–water partition coefficient (Wildman–Crippen LogP) is 0.346. The summed E-state index contributed by atoms with van der Waals surface area (Å²) < 4.78 is 0. The van der Waals surface area contributed by atoms with E-state index in [1.54, 1.807) is 0 Å². The van der Waals surface area contributed by atoms with E-state index < -0.39 is 17.9 Å². The van der Waals surface area contributed by atoms with Gasteiger partial charge in [0.25, 0.3) is 0 Å². The second-order valence-electron chi connectivity index (χ2n) is 3.93. The van der Waals surface area contributed by atoms with Crippen molar-refractivity contribution in [3.05, 3.63) is 0 Å². The smallest absolute Gasteiger partial charge is 0.151 e. The van der Waals surface area contributed by atoms with Crippen molar-refractivity contribution in [1.29, 1.82) is 0 Å². The maximum Gasteiger partial charge on any atom is 0.151 e. The zero-order valence-electron chi connectivity index (χ0n) is 9.11. The van der Waals surface area contributed by atoms with Crippen LogP contribution in [0.25, 0.3) is 0 Å².